The minimum atomic E-state index is 0.276. The first-order chi connectivity index (χ1) is 8.19. The fourth-order valence-electron chi connectivity index (χ4n) is 3.18. The third kappa shape index (κ3) is 5.09. The monoisotopic (exact) mass is 253 g/mol. The van der Waals surface area contributed by atoms with Crippen LogP contribution >= 0.6 is 0 Å². The Balaban J connectivity index is 2.51. The van der Waals surface area contributed by atoms with Gasteiger partial charge in [0.05, 0.1) is 0 Å². The smallest absolute Gasteiger partial charge is 0.137 e. The first-order valence-corrected chi connectivity index (χ1v) is 7.40. The van der Waals surface area contributed by atoms with Crippen molar-refractivity contribution < 1.29 is 4.79 Å². The predicted octanol–water partition coefficient (Wildman–Crippen LogP) is 3.61. The van der Waals surface area contributed by atoms with Crippen LogP contribution in [0.1, 0.15) is 53.9 Å². The highest BCUT2D eigenvalue weighted by Gasteiger charge is 2.31. The van der Waals surface area contributed by atoms with Gasteiger partial charge < -0.3 is 4.90 Å². The molecule has 0 aromatic rings. The summed E-state index contributed by atoms with van der Waals surface area (Å²) in [6, 6.07) is 0. The van der Waals surface area contributed by atoms with Crippen LogP contribution < -0.4 is 0 Å². The third-order valence-electron chi connectivity index (χ3n) is 4.02. The van der Waals surface area contributed by atoms with E-state index in [1.165, 1.54) is 0 Å². The van der Waals surface area contributed by atoms with Crippen LogP contribution in [0.5, 0.6) is 0 Å². The molecule has 2 nitrogen and oxygen atoms in total. The standard InChI is InChI=1S/C16H31NO/c1-12(2)13-7-8-15(18)14(9-13)10-17(6)11-16(3,4)5/h12-14H,7-11H2,1-6H3. The number of carbonyl (C=O) groups excluding carboxylic acids is 1. The van der Waals surface area contributed by atoms with Gasteiger partial charge in [-0.15, -0.1) is 0 Å². The molecule has 1 rings (SSSR count). The molecule has 0 radical (unpaired) electrons. The molecule has 0 N–H and O–H groups in total. The van der Waals surface area contributed by atoms with Crippen molar-refractivity contribution in [2.45, 2.75) is 53.9 Å². The second-order valence-corrected chi connectivity index (χ2v) is 7.70. The number of hydrogen-bond donors (Lipinski definition) is 0. The highest BCUT2D eigenvalue weighted by Crippen LogP contribution is 2.32. The number of rotatable bonds is 4. The number of Topliss-reactive ketones (excluding diaryl/α,β-unsaturated/α-hetero) is 1. The van der Waals surface area contributed by atoms with Gasteiger partial charge in [-0.1, -0.05) is 34.6 Å². The Labute approximate surface area is 113 Å². The van der Waals surface area contributed by atoms with Gasteiger partial charge in [-0.05, 0) is 37.1 Å². The summed E-state index contributed by atoms with van der Waals surface area (Å²) in [5.41, 5.74) is 0.309. The van der Waals surface area contributed by atoms with Crippen molar-refractivity contribution in [2.75, 3.05) is 20.1 Å². The second kappa shape index (κ2) is 6.18. The van der Waals surface area contributed by atoms with Crippen molar-refractivity contribution in [3.8, 4) is 0 Å². The van der Waals surface area contributed by atoms with Crippen LogP contribution in [0.2, 0.25) is 0 Å². The van der Waals surface area contributed by atoms with Crippen molar-refractivity contribution in [2.24, 2.45) is 23.2 Å². The van der Waals surface area contributed by atoms with E-state index < -0.39 is 0 Å². The molecule has 2 unspecified atom stereocenters. The minimum absolute atomic E-state index is 0.276. The lowest BCUT2D eigenvalue weighted by atomic mass is 9.75. The van der Waals surface area contributed by atoms with Gasteiger partial charge in [0.2, 0.25) is 0 Å². The van der Waals surface area contributed by atoms with Gasteiger partial charge in [-0.25, -0.2) is 0 Å². The van der Waals surface area contributed by atoms with Crippen LogP contribution in [0.25, 0.3) is 0 Å². The third-order valence-corrected chi connectivity index (χ3v) is 4.02. The van der Waals surface area contributed by atoms with E-state index in [4.69, 9.17) is 0 Å². The summed E-state index contributed by atoms with van der Waals surface area (Å²) in [6.07, 6.45) is 3.01. The number of nitrogens with zero attached hydrogens (tertiary/aromatic N) is 1. The molecule has 1 fully saturated rings. The summed E-state index contributed by atoms with van der Waals surface area (Å²) in [7, 11) is 2.15. The van der Waals surface area contributed by atoms with Gasteiger partial charge in [0.25, 0.3) is 0 Å². The van der Waals surface area contributed by atoms with E-state index in [2.05, 4.69) is 46.6 Å². The zero-order valence-electron chi connectivity index (χ0n) is 13.1. The maximum absolute atomic E-state index is 12.0. The van der Waals surface area contributed by atoms with Crippen LogP contribution in [0.3, 0.4) is 0 Å². The Morgan fingerprint density at radius 1 is 1.33 bits per heavy atom. The van der Waals surface area contributed by atoms with Crippen LogP contribution in [0.15, 0.2) is 0 Å². The highest BCUT2D eigenvalue weighted by molar-refractivity contribution is 5.81. The van der Waals surface area contributed by atoms with E-state index in [1.54, 1.807) is 0 Å². The molecule has 1 aliphatic rings. The maximum atomic E-state index is 12.0. The van der Waals surface area contributed by atoms with Crippen LogP contribution in [0.4, 0.5) is 0 Å². The fourth-order valence-corrected chi connectivity index (χ4v) is 3.18. The summed E-state index contributed by atoms with van der Waals surface area (Å²) in [5, 5.41) is 0. The summed E-state index contributed by atoms with van der Waals surface area (Å²) in [6.45, 7) is 13.3. The first kappa shape index (κ1) is 15.7. The van der Waals surface area contributed by atoms with Crippen molar-refractivity contribution in [3.63, 3.8) is 0 Å². The molecule has 0 spiro atoms. The second-order valence-electron chi connectivity index (χ2n) is 7.70. The molecular weight excluding hydrogens is 222 g/mol. The molecule has 0 aliphatic heterocycles. The largest absolute Gasteiger partial charge is 0.305 e. The van der Waals surface area contributed by atoms with E-state index in [0.29, 0.717) is 17.1 Å². The van der Waals surface area contributed by atoms with Gasteiger partial charge in [-0.2, -0.15) is 0 Å². The zero-order chi connectivity index (χ0) is 13.9. The fraction of sp³-hybridized carbons (Fsp3) is 0.938. The van der Waals surface area contributed by atoms with Gasteiger partial charge in [0, 0.05) is 25.4 Å². The maximum Gasteiger partial charge on any atom is 0.137 e. The molecule has 0 aromatic carbocycles. The van der Waals surface area contributed by atoms with Crippen LogP contribution in [0, 0.1) is 23.2 Å². The number of ketones is 1. The molecule has 2 atom stereocenters. The van der Waals surface area contributed by atoms with Crippen LogP contribution in [-0.4, -0.2) is 30.8 Å². The number of hydrogen-bond acceptors (Lipinski definition) is 2. The molecule has 0 saturated heterocycles. The molecule has 106 valence electrons. The Morgan fingerprint density at radius 2 is 1.94 bits per heavy atom. The quantitative estimate of drug-likeness (QED) is 0.763. The topological polar surface area (TPSA) is 20.3 Å². The number of carbonyl (C=O) groups is 1. The van der Waals surface area contributed by atoms with Crippen molar-refractivity contribution in [3.05, 3.63) is 0 Å². The molecule has 1 saturated carbocycles. The van der Waals surface area contributed by atoms with Gasteiger partial charge in [-0.3, -0.25) is 4.79 Å². The lowest BCUT2D eigenvalue weighted by Crippen LogP contribution is -2.39. The summed E-state index contributed by atoms with van der Waals surface area (Å²) >= 11 is 0. The van der Waals surface area contributed by atoms with E-state index in [0.717, 1.165) is 38.3 Å². The molecule has 0 amide bonds. The minimum Gasteiger partial charge on any atom is -0.305 e. The van der Waals surface area contributed by atoms with Gasteiger partial charge >= 0.3 is 0 Å². The van der Waals surface area contributed by atoms with E-state index in [9.17, 15) is 4.79 Å². The Bertz CT molecular complexity index is 277. The van der Waals surface area contributed by atoms with Crippen molar-refractivity contribution in [1.82, 2.24) is 4.90 Å². The Hall–Kier alpha value is -0.370. The molecule has 1 aliphatic carbocycles. The molecule has 0 bridgehead atoms. The summed E-state index contributed by atoms with van der Waals surface area (Å²) < 4.78 is 0. The molecule has 18 heavy (non-hydrogen) atoms. The zero-order valence-corrected chi connectivity index (χ0v) is 13.1. The van der Waals surface area contributed by atoms with E-state index >= 15 is 0 Å². The van der Waals surface area contributed by atoms with Crippen LogP contribution in [-0.2, 0) is 4.79 Å². The van der Waals surface area contributed by atoms with E-state index in [-0.39, 0.29) is 5.92 Å². The van der Waals surface area contributed by atoms with Gasteiger partial charge in [0.15, 0.2) is 0 Å². The average molecular weight is 253 g/mol. The first-order valence-electron chi connectivity index (χ1n) is 7.40. The van der Waals surface area contributed by atoms with Crippen molar-refractivity contribution >= 4 is 5.78 Å². The lowest BCUT2D eigenvalue weighted by molar-refractivity contribution is -0.126. The lowest BCUT2D eigenvalue weighted by Gasteiger charge is -2.34. The molecule has 2 heteroatoms. The normalized spacial score (nSPS) is 26.1. The van der Waals surface area contributed by atoms with Gasteiger partial charge in [0.1, 0.15) is 5.78 Å². The molecular formula is C16H31NO. The van der Waals surface area contributed by atoms with Crippen molar-refractivity contribution in [1.29, 1.82) is 0 Å². The highest BCUT2D eigenvalue weighted by atomic mass is 16.1. The Kier molecular flexibility index (Phi) is 5.39. The Morgan fingerprint density at radius 3 is 2.44 bits per heavy atom. The average Bonchev–Trinajstić information content (AvgIpc) is 2.18. The molecule has 0 aromatic heterocycles. The SMILES string of the molecule is CC(C)C1CCC(=O)C(CN(C)CC(C)(C)C)C1. The van der Waals surface area contributed by atoms with E-state index in [1.807, 2.05) is 0 Å². The molecule has 0 heterocycles. The summed E-state index contributed by atoms with van der Waals surface area (Å²) in [4.78, 5) is 14.4. The predicted molar refractivity (Wildman–Crippen MR) is 77.6 cm³/mol. The summed E-state index contributed by atoms with van der Waals surface area (Å²) in [5.74, 6) is 2.23.